The van der Waals surface area contributed by atoms with Gasteiger partial charge in [-0.05, 0) is 43.9 Å². The average molecular weight is 352 g/mol. The molecule has 0 radical (unpaired) electrons. The first-order chi connectivity index (χ1) is 12.5. The SMILES string of the molecule is CN(C)C[C@@H](NC(=O)c1ccc(-c2ccccc2F)o1)c1ccccc1. The Labute approximate surface area is 152 Å². The molecule has 0 aliphatic heterocycles. The van der Waals surface area contributed by atoms with Crippen molar-refractivity contribution in [2.24, 2.45) is 0 Å². The molecule has 0 saturated carbocycles. The van der Waals surface area contributed by atoms with Crippen LogP contribution < -0.4 is 5.32 Å². The third-order valence-electron chi connectivity index (χ3n) is 4.02. The molecule has 1 amide bonds. The molecule has 3 rings (SSSR count). The van der Waals surface area contributed by atoms with E-state index in [9.17, 15) is 9.18 Å². The first-order valence-corrected chi connectivity index (χ1v) is 8.40. The van der Waals surface area contributed by atoms with E-state index in [1.165, 1.54) is 6.07 Å². The van der Waals surface area contributed by atoms with Crippen LogP contribution >= 0.6 is 0 Å². The molecule has 0 aliphatic carbocycles. The fraction of sp³-hybridized carbons (Fsp3) is 0.190. The van der Waals surface area contributed by atoms with Crippen LogP contribution in [0.1, 0.15) is 22.2 Å². The Bertz CT molecular complexity index is 874. The van der Waals surface area contributed by atoms with Crippen molar-refractivity contribution in [1.82, 2.24) is 10.2 Å². The standard InChI is InChI=1S/C21H21FN2O2/c1-24(2)14-18(15-8-4-3-5-9-15)23-21(25)20-13-12-19(26-20)16-10-6-7-11-17(16)22/h3-13,18H,14H2,1-2H3,(H,23,25)/t18-/m1/s1. The van der Waals surface area contributed by atoms with Gasteiger partial charge in [-0.25, -0.2) is 4.39 Å². The minimum absolute atomic E-state index is 0.156. The summed E-state index contributed by atoms with van der Waals surface area (Å²) in [7, 11) is 3.90. The summed E-state index contributed by atoms with van der Waals surface area (Å²) in [6.45, 7) is 0.649. The van der Waals surface area contributed by atoms with Gasteiger partial charge in [-0.1, -0.05) is 42.5 Å². The summed E-state index contributed by atoms with van der Waals surface area (Å²) >= 11 is 0. The third-order valence-corrected chi connectivity index (χ3v) is 4.02. The van der Waals surface area contributed by atoms with Gasteiger partial charge in [-0.2, -0.15) is 0 Å². The molecule has 0 aliphatic rings. The highest BCUT2D eigenvalue weighted by Crippen LogP contribution is 2.25. The number of nitrogens with zero attached hydrogens (tertiary/aromatic N) is 1. The fourth-order valence-electron chi connectivity index (χ4n) is 2.78. The molecule has 26 heavy (non-hydrogen) atoms. The molecule has 1 atom stereocenters. The van der Waals surface area contributed by atoms with E-state index < -0.39 is 0 Å². The largest absolute Gasteiger partial charge is 0.451 e. The van der Waals surface area contributed by atoms with Crippen LogP contribution in [0.2, 0.25) is 0 Å². The number of hydrogen-bond acceptors (Lipinski definition) is 3. The maximum atomic E-state index is 13.9. The Morgan fingerprint density at radius 1 is 1.04 bits per heavy atom. The average Bonchev–Trinajstić information content (AvgIpc) is 3.12. The summed E-state index contributed by atoms with van der Waals surface area (Å²) in [6.07, 6.45) is 0. The second-order valence-corrected chi connectivity index (χ2v) is 6.34. The molecule has 0 saturated heterocycles. The summed E-state index contributed by atoms with van der Waals surface area (Å²) in [5.74, 6) is -0.230. The highest BCUT2D eigenvalue weighted by atomic mass is 19.1. The number of halogens is 1. The van der Waals surface area contributed by atoms with E-state index in [1.54, 1.807) is 30.3 Å². The van der Waals surface area contributed by atoms with Crippen molar-refractivity contribution in [3.8, 4) is 11.3 Å². The Hall–Kier alpha value is -2.92. The van der Waals surface area contributed by atoms with E-state index in [1.807, 2.05) is 49.3 Å². The quantitative estimate of drug-likeness (QED) is 0.726. The van der Waals surface area contributed by atoms with E-state index in [0.29, 0.717) is 17.9 Å². The van der Waals surface area contributed by atoms with Gasteiger partial charge in [0.1, 0.15) is 11.6 Å². The molecular formula is C21H21FN2O2. The summed E-state index contributed by atoms with van der Waals surface area (Å²) in [5.41, 5.74) is 1.34. The van der Waals surface area contributed by atoms with Crippen molar-refractivity contribution in [2.45, 2.75) is 6.04 Å². The fourth-order valence-corrected chi connectivity index (χ4v) is 2.78. The van der Waals surface area contributed by atoms with Crippen molar-refractivity contribution in [3.63, 3.8) is 0 Å². The lowest BCUT2D eigenvalue weighted by molar-refractivity contribution is 0.0902. The Kier molecular flexibility index (Phi) is 5.49. The Balaban J connectivity index is 1.79. The number of benzene rings is 2. The molecule has 1 N–H and O–H groups in total. The zero-order valence-electron chi connectivity index (χ0n) is 14.8. The van der Waals surface area contributed by atoms with Crippen LogP contribution in [0.5, 0.6) is 0 Å². The molecular weight excluding hydrogens is 331 g/mol. The smallest absolute Gasteiger partial charge is 0.287 e. The number of carbonyl (C=O) groups excluding carboxylic acids is 1. The number of nitrogens with one attached hydrogen (secondary N) is 1. The summed E-state index contributed by atoms with van der Waals surface area (Å²) < 4.78 is 19.5. The molecule has 0 unspecified atom stereocenters. The predicted molar refractivity (Wildman–Crippen MR) is 99.3 cm³/mol. The lowest BCUT2D eigenvalue weighted by atomic mass is 10.1. The van der Waals surface area contributed by atoms with Crippen molar-refractivity contribution < 1.29 is 13.6 Å². The van der Waals surface area contributed by atoms with Gasteiger partial charge in [-0.3, -0.25) is 4.79 Å². The lowest BCUT2D eigenvalue weighted by Crippen LogP contribution is -2.35. The molecule has 1 heterocycles. The number of hydrogen-bond donors (Lipinski definition) is 1. The second-order valence-electron chi connectivity index (χ2n) is 6.34. The van der Waals surface area contributed by atoms with Crippen molar-refractivity contribution >= 4 is 5.91 Å². The van der Waals surface area contributed by atoms with Gasteiger partial charge in [0.05, 0.1) is 11.6 Å². The van der Waals surface area contributed by atoms with E-state index in [-0.39, 0.29) is 23.5 Å². The molecule has 0 bridgehead atoms. The molecule has 4 nitrogen and oxygen atoms in total. The maximum absolute atomic E-state index is 13.9. The predicted octanol–water partition coefficient (Wildman–Crippen LogP) is 4.12. The summed E-state index contributed by atoms with van der Waals surface area (Å²) in [4.78, 5) is 14.6. The van der Waals surface area contributed by atoms with E-state index in [0.717, 1.165) is 5.56 Å². The Morgan fingerprint density at radius 2 is 1.73 bits per heavy atom. The molecule has 2 aromatic carbocycles. The van der Waals surface area contributed by atoms with Crippen molar-refractivity contribution in [3.05, 3.63) is 83.9 Å². The highest BCUT2D eigenvalue weighted by molar-refractivity contribution is 5.92. The maximum Gasteiger partial charge on any atom is 0.287 e. The zero-order chi connectivity index (χ0) is 18.5. The van der Waals surface area contributed by atoms with Gasteiger partial charge in [0.15, 0.2) is 5.76 Å². The minimum atomic E-state index is -0.386. The van der Waals surface area contributed by atoms with Crippen LogP contribution in [0.4, 0.5) is 4.39 Å². The summed E-state index contributed by atoms with van der Waals surface area (Å²) in [5, 5.41) is 2.99. The molecule has 134 valence electrons. The number of amides is 1. The van der Waals surface area contributed by atoms with Crippen LogP contribution in [-0.4, -0.2) is 31.4 Å². The molecule has 0 fully saturated rings. The van der Waals surface area contributed by atoms with Crippen LogP contribution in [-0.2, 0) is 0 Å². The lowest BCUT2D eigenvalue weighted by Gasteiger charge is -2.22. The zero-order valence-corrected chi connectivity index (χ0v) is 14.8. The highest BCUT2D eigenvalue weighted by Gasteiger charge is 2.19. The monoisotopic (exact) mass is 352 g/mol. The number of likely N-dealkylation sites (N-methyl/N-ethyl adjacent to an activating group) is 1. The van der Waals surface area contributed by atoms with Crippen LogP contribution in [0.15, 0.2) is 71.1 Å². The van der Waals surface area contributed by atoms with Crippen molar-refractivity contribution in [1.29, 1.82) is 0 Å². The Morgan fingerprint density at radius 3 is 2.42 bits per heavy atom. The normalized spacial score (nSPS) is 12.2. The molecule has 0 spiro atoms. The second kappa shape index (κ2) is 7.97. The van der Waals surface area contributed by atoms with Gasteiger partial charge >= 0.3 is 0 Å². The van der Waals surface area contributed by atoms with E-state index in [2.05, 4.69) is 5.32 Å². The van der Waals surface area contributed by atoms with Gasteiger partial charge in [0.25, 0.3) is 5.91 Å². The van der Waals surface area contributed by atoms with Gasteiger partial charge in [0, 0.05) is 6.54 Å². The van der Waals surface area contributed by atoms with E-state index >= 15 is 0 Å². The van der Waals surface area contributed by atoms with Gasteiger partial charge in [0.2, 0.25) is 0 Å². The van der Waals surface area contributed by atoms with Crippen LogP contribution in [0, 0.1) is 5.82 Å². The summed E-state index contributed by atoms with van der Waals surface area (Å²) in [6, 6.07) is 19.1. The number of furan rings is 1. The molecule has 1 aromatic heterocycles. The van der Waals surface area contributed by atoms with Gasteiger partial charge < -0.3 is 14.6 Å². The van der Waals surface area contributed by atoms with Crippen molar-refractivity contribution in [2.75, 3.05) is 20.6 Å². The minimum Gasteiger partial charge on any atom is -0.451 e. The van der Waals surface area contributed by atoms with E-state index in [4.69, 9.17) is 4.42 Å². The third kappa shape index (κ3) is 4.18. The first kappa shape index (κ1) is 17.9. The topological polar surface area (TPSA) is 45.5 Å². The molecule has 3 aromatic rings. The molecule has 5 heteroatoms. The van der Waals surface area contributed by atoms with Crippen LogP contribution in [0.25, 0.3) is 11.3 Å². The number of carbonyl (C=O) groups is 1. The van der Waals surface area contributed by atoms with Gasteiger partial charge in [-0.15, -0.1) is 0 Å². The first-order valence-electron chi connectivity index (χ1n) is 8.40. The van der Waals surface area contributed by atoms with Crippen LogP contribution in [0.3, 0.4) is 0 Å². The number of rotatable bonds is 6.